The van der Waals surface area contributed by atoms with E-state index in [0.717, 1.165) is 25.1 Å². The second-order valence-corrected chi connectivity index (χ2v) is 6.66. The second kappa shape index (κ2) is 7.31. The Labute approximate surface area is 124 Å². The number of rotatable bonds is 3. The van der Waals surface area contributed by atoms with Gasteiger partial charge in [-0.2, -0.15) is 11.8 Å². The Balaban J connectivity index is 2.03. The van der Waals surface area contributed by atoms with Crippen LogP contribution in [0.25, 0.3) is 0 Å². The van der Waals surface area contributed by atoms with Crippen LogP contribution in [0.15, 0.2) is 0 Å². The average molecular weight is 300 g/mol. The van der Waals surface area contributed by atoms with Gasteiger partial charge in [-0.3, -0.25) is 4.79 Å². The number of hydrogen-bond acceptors (Lipinski definition) is 5. The maximum absolute atomic E-state index is 12.7. The number of thioether (sulfide) groups is 1. The SMILES string of the molecule is CCOC(=O)C1CSCCN1C(=O)C1CC(C)CCN1. The van der Waals surface area contributed by atoms with Crippen LogP contribution in [0.5, 0.6) is 0 Å². The van der Waals surface area contributed by atoms with Gasteiger partial charge in [0.15, 0.2) is 0 Å². The summed E-state index contributed by atoms with van der Waals surface area (Å²) in [6.07, 6.45) is 1.97. The summed E-state index contributed by atoms with van der Waals surface area (Å²) in [5, 5.41) is 3.29. The van der Waals surface area contributed by atoms with Gasteiger partial charge in [-0.15, -0.1) is 0 Å². The zero-order valence-corrected chi connectivity index (χ0v) is 13.1. The standard InChI is InChI=1S/C14H24N2O3S/c1-3-19-14(18)12-9-20-7-6-16(12)13(17)11-8-10(2)4-5-15-11/h10-12,15H,3-9H2,1-2H3. The molecule has 2 heterocycles. The number of nitrogens with zero attached hydrogens (tertiary/aromatic N) is 1. The van der Waals surface area contributed by atoms with Crippen molar-refractivity contribution in [2.45, 2.75) is 38.8 Å². The van der Waals surface area contributed by atoms with E-state index < -0.39 is 6.04 Å². The van der Waals surface area contributed by atoms with Gasteiger partial charge < -0.3 is 15.0 Å². The lowest BCUT2D eigenvalue weighted by Crippen LogP contribution is -2.57. The van der Waals surface area contributed by atoms with Gasteiger partial charge in [0.2, 0.25) is 5.91 Å². The fraction of sp³-hybridized carbons (Fsp3) is 0.857. The smallest absolute Gasteiger partial charge is 0.329 e. The lowest BCUT2D eigenvalue weighted by Gasteiger charge is -2.38. The predicted octanol–water partition coefficient (Wildman–Crippen LogP) is 0.882. The molecule has 0 aromatic carbocycles. The van der Waals surface area contributed by atoms with Crippen LogP contribution in [-0.4, -0.2) is 60.1 Å². The Kier molecular flexibility index (Phi) is 5.72. The van der Waals surface area contributed by atoms with Crippen molar-refractivity contribution in [3.8, 4) is 0 Å². The normalized spacial score (nSPS) is 30.9. The number of carbonyl (C=O) groups excluding carboxylic acids is 2. The van der Waals surface area contributed by atoms with E-state index in [1.165, 1.54) is 0 Å². The number of esters is 1. The first-order valence-corrected chi connectivity index (χ1v) is 8.57. The molecule has 1 N–H and O–H groups in total. The largest absolute Gasteiger partial charge is 0.464 e. The first-order valence-electron chi connectivity index (χ1n) is 7.41. The van der Waals surface area contributed by atoms with Gasteiger partial charge >= 0.3 is 5.97 Å². The van der Waals surface area contributed by atoms with Gasteiger partial charge in [0.05, 0.1) is 12.6 Å². The first-order chi connectivity index (χ1) is 9.63. The molecule has 114 valence electrons. The number of hydrogen-bond donors (Lipinski definition) is 1. The number of piperidine rings is 1. The van der Waals surface area contributed by atoms with Gasteiger partial charge in [0, 0.05) is 18.1 Å². The molecule has 1 amide bonds. The topological polar surface area (TPSA) is 58.6 Å². The van der Waals surface area contributed by atoms with Crippen LogP contribution in [0.2, 0.25) is 0 Å². The molecule has 3 atom stereocenters. The summed E-state index contributed by atoms with van der Waals surface area (Å²) < 4.78 is 5.10. The van der Waals surface area contributed by atoms with Crippen LogP contribution in [0.4, 0.5) is 0 Å². The van der Waals surface area contributed by atoms with E-state index in [9.17, 15) is 9.59 Å². The Morgan fingerprint density at radius 3 is 2.95 bits per heavy atom. The van der Waals surface area contributed by atoms with E-state index in [4.69, 9.17) is 4.74 Å². The molecule has 6 heteroatoms. The van der Waals surface area contributed by atoms with Crippen molar-refractivity contribution in [1.29, 1.82) is 0 Å². The average Bonchev–Trinajstić information content (AvgIpc) is 2.47. The van der Waals surface area contributed by atoms with E-state index in [1.54, 1.807) is 23.6 Å². The Hall–Kier alpha value is -0.750. The van der Waals surface area contributed by atoms with Gasteiger partial charge in [-0.05, 0) is 32.2 Å². The fourth-order valence-corrected chi connectivity index (χ4v) is 3.83. The summed E-state index contributed by atoms with van der Waals surface area (Å²) in [6.45, 7) is 5.85. The molecule has 0 aromatic heterocycles. The molecule has 0 bridgehead atoms. The van der Waals surface area contributed by atoms with Crippen LogP contribution >= 0.6 is 11.8 Å². The van der Waals surface area contributed by atoms with Crippen LogP contribution in [0.1, 0.15) is 26.7 Å². The van der Waals surface area contributed by atoms with E-state index in [-0.39, 0.29) is 17.9 Å². The molecule has 2 rings (SSSR count). The molecule has 3 unspecified atom stereocenters. The van der Waals surface area contributed by atoms with Crippen molar-refractivity contribution in [2.24, 2.45) is 5.92 Å². The minimum absolute atomic E-state index is 0.0647. The summed E-state index contributed by atoms with van der Waals surface area (Å²) in [5.74, 6) is 1.90. The van der Waals surface area contributed by atoms with Crippen molar-refractivity contribution in [1.82, 2.24) is 10.2 Å². The van der Waals surface area contributed by atoms with Gasteiger partial charge in [0.25, 0.3) is 0 Å². The van der Waals surface area contributed by atoms with Crippen molar-refractivity contribution < 1.29 is 14.3 Å². The van der Waals surface area contributed by atoms with E-state index in [1.807, 2.05) is 0 Å². The third-order valence-electron chi connectivity index (χ3n) is 3.93. The summed E-state index contributed by atoms with van der Waals surface area (Å²) in [4.78, 5) is 26.4. The van der Waals surface area contributed by atoms with E-state index >= 15 is 0 Å². The molecule has 2 aliphatic rings. The maximum Gasteiger partial charge on any atom is 0.329 e. The molecular weight excluding hydrogens is 276 g/mol. The summed E-state index contributed by atoms with van der Waals surface area (Å²) in [7, 11) is 0. The highest BCUT2D eigenvalue weighted by Crippen LogP contribution is 2.22. The molecule has 5 nitrogen and oxygen atoms in total. The summed E-state index contributed by atoms with van der Waals surface area (Å²) in [5.41, 5.74) is 0. The molecule has 2 fully saturated rings. The molecule has 0 radical (unpaired) electrons. The Bertz CT molecular complexity index is 364. The maximum atomic E-state index is 12.7. The fourth-order valence-electron chi connectivity index (χ4n) is 2.80. The minimum atomic E-state index is -0.416. The number of amides is 1. The van der Waals surface area contributed by atoms with Gasteiger partial charge in [-0.1, -0.05) is 6.92 Å². The van der Waals surface area contributed by atoms with Crippen molar-refractivity contribution in [2.75, 3.05) is 31.2 Å². The molecule has 20 heavy (non-hydrogen) atoms. The van der Waals surface area contributed by atoms with E-state index in [2.05, 4.69) is 12.2 Å². The molecular formula is C14H24N2O3S. The molecule has 2 saturated heterocycles. The lowest BCUT2D eigenvalue weighted by molar-refractivity contribution is -0.154. The quantitative estimate of drug-likeness (QED) is 0.784. The Morgan fingerprint density at radius 2 is 2.25 bits per heavy atom. The number of ether oxygens (including phenoxy) is 1. The van der Waals surface area contributed by atoms with Crippen LogP contribution in [0, 0.1) is 5.92 Å². The van der Waals surface area contributed by atoms with E-state index in [0.29, 0.717) is 24.8 Å². The lowest BCUT2D eigenvalue weighted by atomic mass is 9.93. The van der Waals surface area contributed by atoms with Crippen molar-refractivity contribution in [3.05, 3.63) is 0 Å². The molecule has 2 aliphatic heterocycles. The molecule has 0 spiro atoms. The summed E-state index contributed by atoms with van der Waals surface area (Å²) >= 11 is 1.71. The third kappa shape index (κ3) is 3.67. The molecule has 0 aliphatic carbocycles. The number of carbonyl (C=O) groups is 2. The summed E-state index contributed by atoms with van der Waals surface area (Å²) in [6, 6.07) is -0.556. The second-order valence-electron chi connectivity index (χ2n) is 5.51. The first kappa shape index (κ1) is 15.6. The molecule has 0 saturated carbocycles. The zero-order chi connectivity index (χ0) is 14.5. The monoisotopic (exact) mass is 300 g/mol. The highest BCUT2D eigenvalue weighted by Gasteiger charge is 2.37. The molecule has 0 aromatic rings. The Morgan fingerprint density at radius 1 is 1.45 bits per heavy atom. The van der Waals surface area contributed by atoms with Crippen molar-refractivity contribution in [3.63, 3.8) is 0 Å². The third-order valence-corrected chi connectivity index (χ3v) is 4.96. The highest BCUT2D eigenvalue weighted by molar-refractivity contribution is 7.99. The number of nitrogens with one attached hydrogen (secondary N) is 1. The van der Waals surface area contributed by atoms with Gasteiger partial charge in [-0.25, -0.2) is 4.79 Å². The highest BCUT2D eigenvalue weighted by atomic mass is 32.2. The van der Waals surface area contributed by atoms with Crippen LogP contribution < -0.4 is 5.32 Å². The predicted molar refractivity (Wildman–Crippen MR) is 79.6 cm³/mol. The van der Waals surface area contributed by atoms with Gasteiger partial charge in [0.1, 0.15) is 6.04 Å². The van der Waals surface area contributed by atoms with Crippen molar-refractivity contribution >= 4 is 23.6 Å². The minimum Gasteiger partial charge on any atom is -0.464 e. The van der Waals surface area contributed by atoms with Crippen LogP contribution in [0.3, 0.4) is 0 Å². The zero-order valence-electron chi connectivity index (χ0n) is 12.3. The van der Waals surface area contributed by atoms with Crippen LogP contribution in [-0.2, 0) is 14.3 Å².